The first-order valence-electron chi connectivity index (χ1n) is 5.96. The van der Waals surface area contributed by atoms with Crippen molar-refractivity contribution in [1.82, 2.24) is 15.0 Å². The van der Waals surface area contributed by atoms with Gasteiger partial charge in [-0.1, -0.05) is 0 Å². The minimum absolute atomic E-state index is 0.0255. The number of nitrogens with zero attached hydrogens (tertiary/aromatic N) is 4. The molecule has 1 aromatic rings. The highest BCUT2D eigenvalue weighted by molar-refractivity contribution is 5.34. The van der Waals surface area contributed by atoms with Crippen LogP contribution in [0.3, 0.4) is 0 Å². The first-order valence-corrected chi connectivity index (χ1v) is 5.96. The van der Waals surface area contributed by atoms with Crippen molar-refractivity contribution in [2.24, 2.45) is 0 Å². The molecule has 1 rings (SSSR count). The molecule has 0 saturated carbocycles. The summed E-state index contributed by atoms with van der Waals surface area (Å²) >= 11 is 0. The van der Waals surface area contributed by atoms with Gasteiger partial charge in [0, 0.05) is 13.6 Å². The number of aromatic nitrogens is 3. The molecule has 0 fully saturated rings. The average molecular weight is 255 g/mol. The zero-order valence-electron chi connectivity index (χ0n) is 11.3. The molecule has 1 aromatic heterocycles. The molecule has 0 radical (unpaired) electrons. The Kier molecular flexibility index (Phi) is 5.08. The quantitative estimate of drug-likeness (QED) is 0.761. The van der Waals surface area contributed by atoms with Crippen LogP contribution in [0.1, 0.15) is 27.2 Å². The van der Waals surface area contributed by atoms with Crippen LogP contribution in [-0.4, -0.2) is 45.9 Å². The Balaban J connectivity index is 2.78. The van der Waals surface area contributed by atoms with Gasteiger partial charge in [0.15, 0.2) is 0 Å². The van der Waals surface area contributed by atoms with Gasteiger partial charge in [0.25, 0.3) is 0 Å². The summed E-state index contributed by atoms with van der Waals surface area (Å²) in [6, 6.07) is 0.219. The van der Waals surface area contributed by atoms with Crippen molar-refractivity contribution in [1.29, 1.82) is 0 Å². The van der Waals surface area contributed by atoms with Gasteiger partial charge in [-0.25, -0.2) is 0 Å². The van der Waals surface area contributed by atoms with E-state index in [4.69, 9.17) is 10.5 Å². The van der Waals surface area contributed by atoms with Crippen LogP contribution in [-0.2, 0) is 0 Å². The van der Waals surface area contributed by atoms with Gasteiger partial charge in [-0.3, -0.25) is 0 Å². The third-order valence-electron chi connectivity index (χ3n) is 2.19. The second kappa shape index (κ2) is 6.34. The van der Waals surface area contributed by atoms with Crippen LogP contribution in [0.2, 0.25) is 0 Å². The van der Waals surface area contributed by atoms with Crippen LogP contribution in [0.25, 0.3) is 0 Å². The monoisotopic (exact) mass is 255 g/mol. The lowest BCUT2D eigenvalue weighted by atomic mass is 10.3. The molecule has 1 atom stereocenters. The maximum atomic E-state index is 9.25. The molecule has 7 nitrogen and oxygen atoms in total. The molecule has 1 unspecified atom stereocenters. The minimum Gasteiger partial charge on any atom is -0.461 e. The van der Waals surface area contributed by atoms with Gasteiger partial charge in [0.05, 0.1) is 12.2 Å². The number of hydrogen-bond acceptors (Lipinski definition) is 7. The molecule has 102 valence electrons. The topological polar surface area (TPSA) is 97.4 Å². The van der Waals surface area contributed by atoms with E-state index in [1.54, 1.807) is 11.8 Å². The van der Waals surface area contributed by atoms with Gasteiger partial charge in [0.2, 0.25) is 11.9 Å². The Morgan fingerprint density at radius 3 is 2.50 bits per heavy atom. The van der Waals surface area contributed by atoms with Crippen LogP contribution in [0.15, 0.2) is 0 Å². The molecule has 0 amide bonds. The van der Waals surface area contributed by atoms with E-state index >= 15 is 0 Å². The molecular formula is C11H21N5O2. The van der Waals surface area contributed by atoms with E-state index < -0.39 is 0 Å². The summed E-state index contributed by atoms with van der Waals surface area (Å²) in [6.45, 7) is 6.14. The predicted octanol–water partition coefficient (Wildman–Crippen LogP) is 0.448. The molecule has 0 aliphatic carbocycles. The zero-order chi connectivity index (χ0) is 13.7. The van der Waals surface area contributed by atoms with E-state index in [9.17, 15) is 5.11 Å². The second-order valence-electron chi connectivity index (χ2n) is 4.50. The molecule has 3 N–H and O–H groups in total. The Morgan fingerprint density at radius 1 is 1.28 bits per heavy atom. The van der Waals surface area contributed by atoms with Crippen molar-refractivity contribution in [2.75, 3.05) is 24.2 Å². The van der Waals surface area contributed by atoms with Crippen molar-refractivity contribution >= 4 is 11.9 Å². The standard InChI is InChI=1S/C11H21N5O2/c1-7(2)18-11-14-9(12)13-10(15-11)16(4)6-5-8(3)17/h7-8,17H,5-6H2,1-4H3,(H2,12,13,14,15). The van der Waals surface area contributed by atoms with Crippen molar-refractivity contribution in [3.05, 3.63) is 0 Å². The highest BCUT2D eigenvalue weighted by Gasteiger charge is 2.11. The summed E-state index contributed by atoms with van der Waals surface area (Å²) in [7, 11) is 1.83. The molecule has 18 heavy (non-hydrogen) atoms. The van der Waals surface area contributed by atoms with Gasteiger partial charge in [0.1, 0.15) is 0 Å². The SMILES string of the molecule is CC(O)CCN(C)c1nc(N)nc(OC(C)C)n1. The van der Waals surface area contributed by atoms with E-state index in [2.05, 4.69) is 15.0 Å². The summed E-state index contributed by atoms with van der Waals surface area (Å²) in [5.41, 5.74) is 5.61. The first-order chi connectivity index (χ1) is 8.38. The van der Waals surface area contributed by atoms with Crippen LogP contribution in [0, 0.1) is 0 Å². The van der Waals surface area contributed by atoms with E-state index in [-0.39, 0.29) is 24.2 Å². The summed E-state index contributed by atoms with van der Waals surface area (Å²) in [6.07, 6.45) is 0.239. The highest BCUT2D eigenvalue weighted by atomic mass is 16.5. The largest absolute Gasteiger partial charge is 0.461 e. The Labute approximate surface area is 107 Å². The van der Waals surface area contributed by atoms with Gasteiger partial charge < -0.3 is 20.5 Å². The van der Waals surface area contributed by atoms with Gasteiger partial charge in [-0.2, -0.15) is 15.0 Å². The molecule has 0 bridgehead atoms. The molecule has 0 aromatic carbocycles. The van der Waals surface area contributed by atoms with Crippen molar-refractivity contribution < 1.29 is 9.84 Å². The number of aliphatic hydroxyl groups is 1. The fraction of sp³-hybridized carbons (Fsp3) is 0.727. The number of rotatable bonds is 6. The summed E-state index contributed by atoms with van der Waals surface area (Å²) in [4.78, 5) is 13.9. The fourth-order valence-electron chi connectivity index (χ4n) is 1.28. The van der Waals surface area contributed by atoms with Gasteiger partial charge in [-0.05, 0) is 27.2 Å². The lowest BCUT2D eigenvalue weighted by molar-refractivity contribution is 0.186. The first kappa shape index (κ1) is 14.4. The molecule has 0 aliphatic rings. The van der Waals surface area contributed by atoms with E-state index in [1.807, 2.05) is 20.9 Å². The number of anilines is 2. The van der Waals surface area contributed by atoms with Crippen LogP contribution in [0.5, 0.6) is 6.01 Å². The average Bonchev–Trinajstić information content (AvgIpc) is 2.23. The minimum atomic E-state index is -0.363. The second-order valence-corrected chi connectivity index (χ2v) is 4.50. The maximum Gasteiger partial charge on any atom is 0.323 e. The molecule has 1 heterocycles. The Bertz CT molecular complexity index is 384. The molecule has 0 aliphatic heterocycles. The van der Waals surface area contributed by atoms with E-state index in [0.717, 1.165) is 0 Å². The predicted molar refractivity (Wildman–Crippen MR) is 69.6 cm³/mol. The number of nitrogen functional groups attached to an aromatic ring is 1. The van der Waals surface area contributed by atoms with Crippen molar-refractivity contribution in [2.45, 2.75) is 39.4 Å². The maximum absolute atomic E-state index is 9.25. The summed E-state index contributed by atoms with van der Waals surface area (Å²) in [5, 5.41) is 9.25. The number of ether oxygens (including phenoxy) is 1. The zero-order valence-corrected chi connectivity index (χ0v) is 11.3. The Morgan fingerprint density at radius 2 is 1.94 bits per heavy atom. The van der Waals surface area contributed by atoms with Crippen LogP contribution >= 0.6 is 0 Å². The Hall–Kier alpha value is -1.63. The normalized spacial score (nSPS) is 12.6. The van der Waals surface area contributed by atoms with Crippen molar-refractivity contribution in [3.8, 4) is 6.01 Å². The lowest BCUT2D eigenvalue weighted by Gasteiger charge is -2.18. The van der Waals surface area contributed by atoms with Crippen LogP contribution in [0.4, 0.5) is 11.9 Å². The smallest absolute Gasteiger partial charge is 0.323 e. The molecule has 0 saturated heterocycles. The van der Waals surface area contributed by atoms with E-state index in [0.29, 0.717) is 18.9 Å². The van der Waals surface area contributed by atoms with E-state index in [1.165, 1.54) is 0 Å². The van der Waals surface area contributed by atoms with Gasteiger partial charge in [-0.15, -0.1) is 0 Å². The third-order valence-corrected chi connectivity index (χ3v) is 2.19. The van der Waals surface area contributed by atoms with Gasteiger partial charge >= 0.3 is 6.01 Å². The van der Waals surface area contributed by atoms with Crippen molar-refractivity contribution in [3.63, 3.8) is 0 Å². The number of nitrogens with two attached hydrogens (primary N) is 1. The molecule has 7 heteroatoms. The summed E-state index contributed by atoms with van der Waals surface area (Å²) in [5.74, 6) is 0.568. The third kappa shape index (κ3) is 4.70. The number of hydrogen-bond donors (Lipinski definition) is 2. The number of aliphatic hydroxyl groups excluding tert-OH is 1. The lowest BCUT2D eigenvalue weighted by Crippen LogP contribution is -2.25. The highest BCUT2D eigenvalue weighted by Crippen LogP contribution is 2.13. The fourth-order valence-corrected chi connectivity index (χ4v) is 1.28. The van der Waals surface area contributed by atoms with Crippen LogP contribution < -0.4 is 15.4 Å². The molecule has 0 spiro atoms. The summed E-state index contributed by atoms with van der Waals surface area (Å²) < 4.78 is 5.39. The molecular weight excluding hydrogens is 234 g/mol.